The van der Waals surface area contributed by atoms with Gasteiger partial charge in [-0.1, -0.05) is 6.58 Å². The van der Waals surface area contributed by atoms with Crippen molar-refractivity contribution in [2.75, 3.05) is 5.75 Å². The van der Waals surface area contributed by atoms with Crippen molar-refractivity contribution in [3.05, 3.63) is 12.0 Å². The zero-order valence-corrected chi connectivity index (χ0v) is 10.5. The quantitative estimate of drug-likeness (QED) is 0.597. The summed E-state index contributed by atoms with van der Waals surface area (Å²) in [5.74, 6) is -0.389. The molecule has 0 rings (SSSR count). The van der Waals surface area contributed by atoms with Gasteiger partial charge < -0.3 is 0 Å². The van der Waals surface area contributed by atoms with Crippen molar-refractivity contribution >= 4 is 49.8 Å². The fourth-order valence-electron chi connectivity index (χ4n) is 0.220. The van der Waals surface area contributed by atoms with Crippen LogP contribution in [0.25, 0.3) is 0 Å². The van der Waals surface area contributed by atoms with Crippen molar-refractivity contribution in [1.82, 2.24) is 0 Å². The maximum absolute atomic E-state index is 10.5. The van der Waals surface area contributed by atoms with Crippen molar-refractivity contribution in [3.8, 4) is 0 Å². The first kappa shape index (κ1) is 15.1. The van der Waals surface area contributed by atoms with Gasteiger partial charge in [-0.25, -0.2) is 0 Å². The van der Waals surface area contributed by atoms with Gasteiger partial charge in [0.25, 0.3) is 10.1 Å². The molecule has 0 fully saturated rings. The van der Waals surface area contributed by atoms with Gasteiger partial charge >= 0.3 is 10.1 Å². The fourth-order valence-corrected chi connectivity index (χ4v) is 1.98. The van der Waals surface area contributed by atoms with Crippen LogP contribution in [0.15, 0.2) is 12.0 Å². The van der Waals surface area contributed by atoms with Gasteiger partial charge in [0.1, 0.15) is 0 Å². The first-order valence-electron chi connectivity index (χ1n) is 2.64. The Hall–Kier alpha value is 0.600. The van der Waals surface area contributed by atoms with Crippen molar-refractivity contribution < 1.29 is 20.5 Å². The largest absolute Gasteiger partial charge is 0.303 e. The molecule has 0 saturated carbocycles. The third kappa shape index (κ3) is 6.15. The molecule has 0 heterocycles. The minimum atomic E-state index is -4.11. The molecule has 0 aromatic rings. The summed E-state index contributed by atoms with van der Waals surface area (Å²) in [4.78, 5) is 0. The maximum Gasteiger partial charge on any atom is 0.303 e. The van der Waals surface area contributed by atoms with Crippen LogP contribution < -0.4 is 0 Å². The van der Waals surface area contributed by atoms with Gasteiger partial charge in [0.15, 0.2) is 0 Å². The van der Waals surface area contributed by atoms with Crippen LogP contribution in [0.1, 0.15) is 6.92 Å². The van der Waals surface area contributed by atoms with Crippen LogP contribution in [0.2, 0.25) is 0 Å². The van der Waals surface area contributed by atoms with E-state index < -0.39 is 20.2 Å². The molecule has 0 unspecified atom stereocenters. The summed E-state index contributed by atoms with van der Waals surface area (Å²) in [5, 5.41) is 0.431. The molecule has 5 nitrogen and oxygen atoms in total. The van der Waals surface area contributed by atoms with Crippen molar-refractivity contribution in [2.24, 2.45) is 0 Å². The van der Waals surface area contributed by atoms with Crippen LogP contribution in [0.5, 0.6) is 0 Å². The van der Waals surface area contributed by atoms with Crippen LogP contribution >= 0.6 is 0 Å². The van der Waals surface area contributed by atoms with Crippen molar-refractivity contribution in [1.29, 1.82) is 0 Å². The monoisotopic (exact) mass is 223 g/mol. The molecule has 0 aromatic carbocycles. The van der Waals surface area contributed by atoms with Gasteiger partial charge in [0.05, 0.1) is 11.2 Å². The number of rotatable bonds is 4. The van der Waals surface area contributed by atoms with E-state index in [1.807, 2.05) is 0 Å². The van der Waals surface area contributed by atoms with Gasteiger partial charge in [0.2, 0.25) is 0 Å². The summed E-state index contributed by atoms with van der Waals surface area (Å²) in [6, 6.07) is 0. The van der Waals surface area contributed by atoms with Crippen LogP contribution in [-0.4, -0.2) is 52.1 Å². The zero-order valence-electron chi connectivity index (χ0n) is 6.85. The molecule has 0 spiro atoms. The summed E-state index contributed by atoms with van der Waals surface area (Å²) in [5.41, 5.74) is 0. The second-order valence-corrected chi connectivity index (χ2v) is 5.13. The molecule has 1 radical (unpaired) electrons. The Bertz CT molecular complexity index is 326. The van der Waals surface area contributed by atoms with E-state index in [9.17, 15) is 16.8 Å². The van der Waals surface area contributed by atoms with Crippen LogP contribution in [0.4, 0.5) is 0 Å². The average Bonchev–Trinajstić information content (AvgIpc) is 1.86. The van der Waals surface area contributed by atoms with E-state index >= 15 is 0 Å². The summed E-state index contributed by atoms with van der Waals surface area (Å²) < 4.78 is 45.7. The molecule has 0 bridgehead atoms. The van der Waals surface area contributed by atoms with Crippen LogP contribution in [0.3, 0.4) is 0 Å². The van der Waals surface area contributed by atoms with Gasteiger partial charge in [-0.2, -0.15) is 16.8 Å². The predicted molar refractivity (Wildman–Crippen MR) is 45.4 cm³/mol. The summed E-state index contributed by atoms with van der Waals surface area (Å²) in [7, 11) is -8.06. The van der Waals surface area contributed by atoms with E-state index in [-0.39, 0.29) is 35.3 Å². The Morgan fingerprint density at radius 2 is 1.75 bits per heavy atom. The first-order chi connectivity index (χ1) is 4.83. The van der Waals surface area contributed by atoms with Crippen molar-refractivity contribution in [3.63, 3.8) is 0 Å². The molecule has 0 N–H and O–H groups in total. The van der Waals surface area contributed by atoms with E-state index in [2.05, 4.69) is 10.2 Å². The summed E-state index contributed by atoms with van der Waals surface area (Å²) in [6.07, 6.45) is 0. The van der Waals surface area contributed by atoms with Crippen LogP contribution in [0, 0.1) is 0 Å². The molecule has 0 saturated heterocycles. The molecule has 0 amide bonds. The van der Waals surface area contributed by atoms with Gasteiger partial charge in [0, 0.05) is 29.6 Å². The van der Waals surface area contributed by atoms with E-state index in [0.717, 1.165) is 0 Å². The molecule has 0 aliphatic heterocycles. The topological polar surface area (TPSA) is 77.5 Å². The SMILES string of the molecule is C=CS(=O)(=O)OS(=O)(=O)CC.[Na]. The smallest absolute Gasteiger partial charge is 0.198 e. The number of hydrogen-bond acceptors (Lipinski definition) is 5. The second-order valence-electron chi connectivity index (χ2n) is 1.57. The van der Waals surface area contributed by atoms with Gasteiger partial charge in [-0.15, -0.1) is 3.63 Å². The predicted octanol–water partition coefficient (Wildman–Crippen LogP) is -0.555. The van der Waals surface area contributed by atoms with E-state index in [4.69, 9.17) is 0 Å². The van der Waals surface area contributed by atoms with E-state index in [1.54, 1.807) is 0 Å². The van der Waals surface area contributed by atoms with Gasteiger partial charge in [-0.05, 0) is 6.92 Å². The molecule has 67 valence electrons. The number of hydrogen-bond donors (Lipinski definition) is 0. The second kappa shape index (κ2) is 5.36. The van der Waals surface area contributed by atoms with Crippen LogP contribution in [-0.2, 0) is 23.9 Å². The zero-order chi connectivity index (χ0) is 9.12. The molecule has 0 aliphatic carbocycles. The minimum Gasteiger partial charge on any atom is -0.198 e. The molecule has 0 aromatic heterocycles. The molecular weight excluding hydrogens is 215 g/mol. The molecule has 8 heteroatoms. The minimum absolute atomic E-state index is 0. The Morgan fingerprint density at radius 3 is 2.00 bits per heavy atom. The van der Waals surface area contributed by atoms with Gasteiger partial charge in [-0.3, -0.25) is 0 Å². The molecular formula is C4H8NaO5S2. The molecule has 0 atom stereocenters. The molecule has 12 heavy (non-hydrogen) atoms. The molecule has 0 aliphatic rings. The third-order valence-electron chi connectivity index (χ3n) is 0.756. The van der Waals surface area contributed by atoms with E-state index in [0.29, 0.717) is 5.41 Å². The maximum atomic E-state index is 10.5. The third-order valence-corrected chi connectivity index (χ3v) is 3.46. The summed E-state index contributed by atoms with van der Waals surface area (Å²) >= 11 is 0. The Morgan fingerprint density at radius 1 is 1.33 bits per heavy atom. The van der Waals surface area contributed by atoms with Crippen molar-refractivity contribution in [2.45, 2.75) is 6.92 Å². The first-order valence-corrected chi connectivity index (χ1v) is 5.69. The Kier molecular flexibility index (Phi) is 6.73. The normalized spacial score (nSPS) is 11.8. The standard InChI is InChI=1S/C4H8O5S2.Na/c1-3-10(5,6)9-11(7,8)4-2;/h3H,1,4H2,2H3;. The fraction of sp³-hybridized carbons (Fsp3) is 0.500. The summed E-state index contributed by atoms with van der Waals surface area (Å²) in [6.45, 7) is 4.15. The Balaban J connectivity index is 0. The average molecular weight is 223 g/mol. The Labute approximate surface area is 94.3 Å². The van der Waals surface area contributed by atoms with E-state index in [1.165, 1.54) is 6.92 Å².